The number of piperidine rings is 2. The van der Waals surface area contributed by atoms with Crippen LogP contribution >= 0.6 is 0 Å². The summed E-state index contributed by atoms with van der Waals surface area (Å²) in [5.41, 5.74) is 0.600. The van der Waals surface area contributed by atoms with E-state index < -0.39 is 59.3 Å². The Hall–Kier alpha value is -5.48. The molecule has 8 amide bonds. The van der Waals surface area contributed by atoms with Gasteiger partial charge in [-0.25, -0.2) is 0 Å². The van der Waals surface area contributed by atoms with Gasteiger partial charge in [0.25, 0.3) is 23.6 Å². The molecule has 16 nitrogen and oxygen atoms in total. The Labute approximate surface area is 280 Å². The number of nitrogens with zero attached hydrogens (tertiary/aromatic N) is 2. The third kappa shape index (κ3) is 7.98. The highest BCUT2D eigenvalue weighted by Crippen LogP contribution is 2.31. The minimum atomic E-state index is -0.984. The first-order valence-corrected chi connectivity index (χ1v) is 15.7. The number of fused-ring (bicyclic) bond motifs is 2. The van der Waals surface area contributed by atoms with Gasteiger partial charge in [-0.15, -0.1) is 0 Å². The Bertz CT molecular complexity index is 1690. The maximum Gasteiger partial charge on any atom is 0.262 e. The molecule has 2 aromatic carbocycles. The summed E-state index contributed by atoms with van der Waals surface area (Å²) < 4.78 is 5.41. The van der Waals surface area contributed by atoms with Crippen molar-refractivity contribution in [3.05, 3.63) is 58.7 Å². The highest BCUT2D eigenvalue weighted by atomic mass is 16.5. The molecule has 5 N–H and O–H groups in total. The van der Waals surface area contributed by atoms with Gasteiger partial charge in [0.05, 0.1) is 28.9 Å². The maximum atomic E-state index is 12.6. The number of hydrogen-bond acceptors (Lipinski definition) is 12. The quantitative estimate of drug-likeness (QED) is 0.188. The van der Waals surface area contributed by atoms with Crippen molar-refractivity contribution in [2.45, 2.75) is 64.0 Å². The number of carbonyl (C=O) groups excluding carboxylic acids is 8. The summed E-state index contributed by atoms with van der Waals surface area (Å²) in [7, 11) is 0. The molecule has 2 aromatic rings. The molecule has 2 unspecified atom stereocenters. The van der Waals surface area contributed by atoms with Crippen LogP contribution < -0.4 is 15.4 Å². The minimum absolute atomic E-state index is 0.00829. The van der Waals surface area contributed by atoms with Gasteiger partial charge in [0, 0.05) is 32.5 Å². The molecule has 16 heteroatoms. The molecule has 6 rings (SSSR count). The smallest absolute Gasteiger partial charge is 0.262 e. The Morgan fingerprint density at radius 1 is 0.673 bits per heavy atom. The normalized spacial score (nSPS) is 19.7. The van der Waals surface area contributed by atoms with Gasteiger partial charge in [-0.2, -0.15) is 0 Å². The number of phenolic OH excluding ortho intramolecular Hbond substituents is 1. The molecular weight excluding hydrogens is 644 g/mol. The molecule has 0 radical (unpaired) electrons. The molecule has 2 saturated heterocycles. The topological polar surface area (TPSA) is 237 Å². The number of unbranched alkanes of at least 4 members (excludes halogenated alkanes) is 1. The molecule has 2 fully saturated rings. The summed E-state index contributed by atoms with van der Waals surface area (Å²) in [6.07, 6.45) is 2.88. The molecular formula is C33H36N4O12. The fourth-order valence-electron chi connectivity index (χ4n) is 5.41. The third-order valence-corrected chi connectivity index (χ3v) is 7.92. The Balaban J connectivity index is 0.000000197. The molecule has 0 spiro atoms. The summed E-state index contributed by atoms with van der Waals surface area (Å²) >= 11 is 0. The van der Waals surface area contributed by atoms with Crippen molar-refractivity contribution in [3.8, 4) is 11.5 Å². The van der Waals surface area contributed by atoms with Crippen LogP contribution in [0.5, 0.6) is 11.5 Å². The van der Waals surface area contributed by atoms with Crippen LogP contribution in [-0.2, 0) is 19.2 Å². The van der Waals surface area contributed by atoms with Crippen molar-refractivity contribution in [3.63, 3.8) is 0 Å². The molecule has 4 aliphatic rings. The van der Waals surface area contributed by atoms with Crippen molar-refractivity contribution in [2.24, 2.45) is 0 Å². The fraction of sp³-hybridized carbons (Fsp3) is 0.394. The van der Waals surface area contributed by atoms with Gasteiger partial charge in [-0.05, 0) is 55.7 Å². The number of carbonyl (C=O) groups is 8. The van der Waals surface area contributed by atoms with Crippen LogP contribution in [0.3, 0.4) is 0 Å². The van der Waals surface area contributed by atoms with E-state index in [1.54, 1.807) is 6.07 Å². The van der Waals surface area contributed by atoms with E-state index in [9.17, 15) is 43.5 Å². The number of ether oxygens (including phenoxy) is 1. The molecule has 4 heterocycles. The molecule has 0 saturated carbocycles. The molecule has 0 aliphatic carbocycles. The molecule has 260 valence electrons. The third-order valence-electron chi connectivity index (χ3n) is 7.92. The summed E-state index contributed by atoms with van der Waals surface area (Å²) in [6, 6.07) is 6.39. The predicted octanol–water partition coefficient (Wildman–Crippen LogP) is 0.421. The standard InChI is InChI=1S/C16H16N2O6.C13H10N2O5.C4H10O/c19-6-1-7-24-9-2-3-10-11(8-9)16(23)18(15(10)22)12-4-5-13(20)17-14(12)21;16-6-1-2-7-8(5-6)13(20)15(12(7)19)9-3-4-10(17)14-11(9)18;1-2-3-4-5/h2-3,8,12,19H,1,4-7H2,(H,17,20,21);1-2,5,9,16H,3-4H2,(H,14,17,18);5H,2-4H2,1H3. The van der Waals surface area contributed by atoms with Gasteiger partial charge in [0.1, 0.15) is 23.6 Å². The maximum absolute atomic E-state index is 12.6. The van der Waals surface area contributed by atoms with Crippen molar-refractivity contribution < 1.29 is 58.4 Å². The van der Waals surface area contributed by atoms with E-state index >= 15 is 0 Å². The van der Waals surface area contributed by atoms with Crippen LogP contribution in [0, 0.1) is 0 Å². The van der Waals surface area contributed by atoms with E-state index in [1.165, 1.54) is 30.3 Å². The van der Waals surface area contributed by atoms with E-state index in [0.717, 1.165) is 22.6 Å². The second-order valence-corrected chi connectivity index (χ2v) is 11.3. The zero-order valence-corrected chi connectivity index (χ0v) is 26.6. The highest BCUT2D eigenvalue weighted by molar-refractivity contribution is 6.24. The van der Waals surface area contributed by atoms with E-state index in [2.05, 4.69) is 17.6 Å². The number of aliphatic hydroxyl groups excluding tert-OH is 2. The lowest BCUT2D eigenvalue weighted by Crippen LogP contribution is -2.54. The Morgan fingerprint density at radius 2 is 1.14 bits per heavy atom. The minimum Gasteiger partial charge on any atom is -0.508 e. The zero-order chi connectivity index (χ0) is 35.8. The second kappa shape index (κ2) is 16.1. The fourth-order valence-corrected chi connectivity index (χ4v) is 5.41. The van der Waals surface area contributed by atoms with Gasteiger partial charge in [0.15, 0.2) is 0 Å². The number of nitrogens with one attached hydrogen (secondary N) is 2. The van der Waals surface area contributed by atoms with Gasteiger partial charge in [0.2, 0.25) is 23.6 Å². The monoisotopic (exact) mass is 680 g/mol. The van der Waals surface area contributed by atoms with Crippen molar-refractivity contribution in [1.82, 2.24) is 20.4 Å². The Morgan fingerprint density at radius 3 is 1.59 bits per heavy atom. The number of phenols is 1. The first-order valence-electron chi connectivity index (χ1n) is 15.7. The van der Waals surface area contributed by atoms with Crippen LogP contribution in [0.25, 0.3) is 0 Å². The average Bonchev–Trinajstić information content (AvgIpc) is 3.45. The van der Waals surface area contributed by atoms with E-state index in [0.29, 0.717) is 18.8 Å². The summed E-state index contributed by atoms with van der Waals surface area (Å²) in [5, 5.41) is 30.5. The second-order valence-electron chi connectivity index (χ2n) is 11.3. The summed E-state index contributed by atoms with van der Waals surface area (Å²) in [6.45, 7) is 2.67. The SMILES string of the molecule is CCCCO.O=C1CCC(N2C(=O)c3ccc(O)cc3C2=O)C(=O)N1.O=C1CCC(N2C(=O)c3ccc(OCCCO)cc3C2=O)C(=O)N1. The number of aliphatic hydroxyl groups is 2. The van der Waals surface area contributed by atoms with E-state index in [-0.39, 0.29) is 66.9 Å². The number of hydrogen-bond donors (Lipinski definition) is 5. The van der Waals surface area contributed by atoms with Gasteiger partial charge in [-0.3, -0.25) is 58.8 Å². The molecule has 0 bridgehead atoms. The largest absolute Gasteiger partial charge is 0.508 e. The molecule has 4 aliphatic heterocycles. The van der Waals surface area contributed by atoms with Crippen molar-refractivity contribution in [2.75, 3.05) is 19.8 Å². The number of aromatic hydroxyl groups is 1. The van der Waals surface area contributed by atoms with Crippen LogP contribution in [0.1, 0.15) is 93.3 Å². The number of benzene rings is 2. The first-order chi connectivity index (χ1) is 23.4. The zero-order valence-electron chi connectivity index (χ0n) is 26.6. The first kappa shape index (κ1) is 36.4. The van der Waals surface area contributed by atoms with Crippen molar-refractivity contribution in [1.29, 1.82) is 0 Å². The van der Waals surface area contributed by atoms with E-state index in [1.807, 2.05) is 0 Å². The van der Waals surface area contributed by atoms with Crippen LogP contribution in [0.4, 0.5) is 0 Å². The number of amides is 8. The summed E-state index contributed by atoms with van der Waals surface area (Å²) in [4.78, 5) is 97.3. The molecule has 2 atom stereocenters. The highest BCUT2D eigenvalue weighted by Gasteiger charge is 2.46. The van der Waals surface area contributed by atoms with Gasteiger partial charge in [-0.1, -0.05) is 13.3 Å². The number of rotatable bonds is 8. The van der Waals surface area contributed by atoms with Gasteiger partial charge >= 0.3 is 0 Å². The molecule has 0 aromatic heterocycles. The lowest BCUT2D eigenvalue weighted by molar-refractivity contribution is -0.137. The van der Waals surface area contributed by atoms with Crippen LogP contribution in [0.15, 0.2) is 36.4 Å². The van der Waals surface area contributed by atoms with E-state index in [4.69, 9.17) is 14.9 Å². The molecule has 49 heavy (non-hydrogen) atoms. The van der Waals surface area contributed by atoms with Crippen LogP contribution in [-0.4, -0.2) is 104 Å². The lowest BCUT2D eigenvalue weighted by atomic mass is 10.0. The van der Waals surface area contributed by atoms with Crippen LogP contribution in [0.2, 0.25) is 0 Å². The Kier molecular flexibility index (Phi) is 11.9. The number of imide groups is 4. The lowest BCUT2D eigenvalue weighted by Gasteiger charge is -2.27. The predicted molar refractivity (Wildman–Crippen MR) is 167 cm³/mol. The van der Waals surface area contributed by atoms with Crippen molar-refractivity contribution >= 4 is 47.3 Å². The summed E-state index contributed by atoms with van der Waals surface area (Å²) in [5.74, 6) is -4.17. The average molecular weight is 681 g/mol. The van der Waals surface area contributed by atoms with Gasteiger partial charge < -0.3 is 20.1 Å².